The molecule has 1 aliphatic heterocycles. The Labute approximate surface area is 288 Å². The third kappa shape index (κ3) is 8.48. The van der Waals surface area contributed by atoms with E-state index in [4.69, 9.17) is 9.47 Å². The van der Waals surface area contributed by atoms with Gasteiger partial charge >= 0.3 is 0 Å². The van der Waals surface area contributed by atoms with Crippen LogP contribution in [0.2, 0.25) is 0 Å². The summed E-state index contributed by atoms with van der Waals surface area (Å²) in [5, 5.41) is 23.7. The minimum atomic E-state index is -0.636. The Morgan fingerprint density at radius 1 is 0.898 bits per heavy atom. The van der Waals surface area contributed by atoms with Gasteiger partial charge in [0.15, 0.2) is 6.29 Å². The van der Waals surface area contributed by atoms with Gasteiger partial charge in [-0.3, -0.25) is 14.7 Å². The van der Waals surface area contributed by atoms with Gasteiger partial charge in [0.2, 0.25) is 0 Å². The number of aliphatic hydroxyl groups is 2. The van der Waals surface area contributed by atoms with E-state index < -0.39 is 12.4 Å². The van der Waals surface area contributed by atoms with Gasteiger partial charge in [-0.25, -0.2) is 0 Å². The molecule has 0 bridgehead atoms. The summed E-state index contributed by atoms with van der Waals surface area (Å²) >= 11 is 0. The molecule has 5 atom stereocenters. The highest BCUT2D eigenvalue weighted by molar-refractivity contribution is 5.93. The molecule has 0 radical (unpaired) electrons. The lowest BCUT2D eigenvalue weighted by molar-refractivity contribution is -0.253. The minimum Gasteiger partial charge on any atom is -0.392 e. The molecule has 2 heterocycles. The van der Waals surface area contributed by atoms with Gasteiger partial charge in [0.1, 0.15) is 0 Å². The number of likely N-dealkylation sites (N-methyl/N-ethyl adjacent to an activating group) is 1. The number of carbonyl (C=O) groups is 1. The lowest BCUT2D eigenvalue weighted by Crippen LogP contribution is -2.43. The normalized spacial score (nSPS) is 18.9. The molecule has 8 nitrogen and oxygen atoms in total. The standard InChI is InChI=1S/C41H43N3O5/c1-28(39(46)32-9-4-3-5-10-32)44(2)26-36-23-38(31-16-14-29(27-45)15-17-31)49-41(48-36)33-20-18-30(19-21-33)37-13-7-6-11-34(37)25-43-40(47)35-12-8-22-42-24-35/h3-22,24,28,36,38-39,41,45-46H,23,25-27H2,1-2H3,(H,43,47)/t28-,36-,38+,39-,41+/m1/s1. The fourth-order valence-electron chi connectivity index (χ4n) is 6.24. The number of carbonyl (C=O) groups excluding carboxylic acids is 1. The number of aromatic nitrogens is 1. The first-order valence-corrected chi connectivity index (χ1v) is 16.7. The number of nitrogens with one attached hydrogen (secondary N) is 1. The zero-order valence-corrected chi connectivity index (χ0v) is 27.9. The van der Waals surface area contributed by atoms with Crippen molar-refractivity contribution in [1.82, 2.24) is 15.2 Å². The molecule has 1 amide bonds. The highest BCUT2D eigenvalue weighted by Crippen LogP contribution is 2.39. The van der Waals surface area contributed by atoms with Crippen molar-refractivity contribution in [1.29, 1.82) is 0 Å². The summed E-state index contributed by atoms with van der Waals surface area (Å²) in [7, 11) is 2.01. The monoisotopic (exact) mass is 657 g/mol. The Hall–Kier alpha value is -4.70. The highest BCUT2D eigenvalue weighted by atomic mass is 16.7. The average molecular weight is 658 g/mol. The van der Waals surface area contributed by atoms with Gasteiger partial charge < -0.3 is 25.0 Å². The van der Waals surface area contributed by atoms with Crippen LogP contribution in [0, 0.1) is 0 Å². The number of rotatable bonds is 12. The molecule has 5 aromatic rings. The van der Waals surface area contributed by atoms with E-state index in [0.29, 0.717) is 25.1 Å². The Balaban J connectivity index is 1.19. The predicted octanol–water partition coefficient (Wildman–Crippen LogP) is 6.77. The van der Waals surface area contributed by atoms with E-state index >= 15 is 0 Å². The van der Waals surface area contributed by atoms with E-state index in [1.165, 1.54) is 0 Å². The molecule has 1 saturated heterocycles. The molecule has 252 valence electrons. The van der Waals surface area contributed by atoms with E-state index in [-0.39, 0.29) is 30.8 Å². The zero-order valence-electron chi connectivity index (χ0n) is 27.9. The van der Waals surface area contributed by atoms with Crippen LogP contribution in [-0.4, -0.2) is 51.7 Å². The maximum atomic E-state index is 12.7. The molecule has 0 saturated carbocycles. The van der Waals surface area contributed by atoms with Gasteiger partial charge in [0.25, 0.3) is 5.91 Å². The largest absolute Gasteiger partial charge is 0.392 e. The minimum absolute atomic E-state index is 0.0149. The van der Waals surface area contributed by atoms with Crippen LogP contribution < -0.4 is 5.32 Å². The number of pyridine rings is 1. The maximum Gasteiger partial charge on any atom is 0.253 e. The van der Waals surface area contributed by atoms with Crippen LogP contribution in [0.25, 0.3) is 11.1 Å². The Morgan fingerprint density at radius 3 is 2.33 bits per heavy atom. The number of hydrogen-bond acceptors (Lipinski definition) is 7. The molecule has 0 unspecified atom stereocenters. The van der Waals surface area contributed by atoms with Gasteiger partial charge in [0.05, 0.1) is 30.5 Å². The van der Waals surface area contributed by atoms with Gasteiger partial charge in [-0.05, 0) is 59.5 Å². The van der Waals surface area contributed by atoms with Crippen molar-refractivity contribution in [2.75, 3.05) is 13.6 Å². The number of benzene rings is 4. The van der Waals surface area contributed by atoms with Crippen LogP contribution >= 0.6 is 0 Å². The van der Waals surface area contributed by atoms with Crippen LogP contribution in [0.3, 0.4) is 0 Å². The van der Waals surface area contributed by atoms with Crippen molar-refractivity contribution < 1.29 is 24.5 Å². The second-order valence-corrected chi connectivity index (χ2v) is 12.6. The highest BCUT2D eigenvalue weighted by Gasteiger charge is 2.34. The molecule has 49 heavy (non-hydrogen) atoms. The molecule has 6 rings (SSSR count). The Morgan fingerprint density at radius 2 is 1.61 bits per heavy atom. The zero-order chi connectivity index (χ0) is 34.2. The summed E-state index contributed by atoms with van der Waals surface area (Å²) in [4.78, 5) is 18.9. The van der Waals surface area contributed by atoms with Crippen LogP contribution in [0.1, 0.15) is 70.0 Å². The number of amides is 1. The second-order valence-electron chi connectivity index (χ2n) is 12.6. The van der Waals surface area contributed by atoms with Gasteiger partial charge in [-0.1, -0.05) is 103 Å². The molecule has 1 aromatic heterocycles. The van der Waals surface area contributed by atoms with Crippen LogP contribution in [0.4, 0.5) is 0 Å². The van der Waals surface area contributed by atoms with Crippen molar-refractivity contribution in [3.63, 3.8) is 0 Å². The molecule has 0 spiro atoms. The van der Waals surface area contributed by atoms with Crippen molar-refractivity contribution in [2.24, 2.45) is 0 Å². The van der Waals surface area contributed by atoms with E-state index in [1.807, 2.05) is 98.9 Å². The lowest BCUT2D eigenvalue weighted by atomic mass is 9.97. The van der Waals surface area contributed by atoms with E-state index in [0.717, 1.165) is 38.9 Å². The smallest absolute Gasteiger partial charge is 0.253 e. The number of hydrogen-bond donors (Lipinski definition) is 3. The SMILES string of the molecule is C[C@H]([C@@H](O)c1ccccc1)N(C)C[C@H]1C[C@@H](c2ccc(CO)cc2)O[C@@H](c2ccc(-c3ccccc3CNC(=O)c3cccnc3)cc2)O1. The summed E-state index contributed by atoms with van der Waals surface area (Å²) in [5.41, 5.74) is 7.21. The Kier molecular flexibility index (Phi) is 11.3. The lowest BCUT2D eigenvalue weighted by Gasteiger charge is -2.39. The van der Waals surface area contributed by atoms with E-state index in [9.17, 15) is 15.0 Å². The van der Waals surface area contributed by atoms with Crippen molar-refractivity contribution in [3.05, 3.63) is 161 Å². The average Bonchev–Trinajstić information content (AvgIpc) is 3.17. The van der Waals surface area contributed by atoms with Crippen LogP contribution in [0.15, 0.2) is 128 Å². The predicted molar refractivity (Wildman–Crippen MR) is 189 cm³/mol. The van der Waals surface area contributed by atoms with Gasteiger partial charge in [-0.15, -0.1) is 0 Å². The Bertz CT molecular complexity index is 1780. The first-order chi connectivity index (χ1) is 23.9. The molecule has 8 heteroatoms. The summed E-state index contributed by atoms with van der Waals surface area (Å²) in [6.07, 6.45) is 2.22. The first-order valence-electron chi connectivity index (χ1n) is 16.7. The quantitative estimate of drug-likeness (QED) is 0.136. The third-order valence-electron chi connectivity index (χ3n) is 9.27. The third-order valence-corrected chi connectivity index (χ3v) is 9.27. The number of nitrogens with zero attached hydrogens (tertiary/aromatic N) is 2. The summed E-state index contributed by atoms with van der Waals surface area (Å²) in [6.45, 7) is 3.00. The van der Waals surface area contributed by atoms with Gasteiger partial charge in [-0.2, -0.15) is 0 Å². The number of aliphatic hydroxyl groups excluding tert-OH is 2. The maximum absolute atomic E-state index is 12.7. The van der Waals surface area contributed by atoms with Crippen molar-refractivity contribution in [3.8, 4) is 11.1 Å². The summed E-state index contributed by atoms with van der Waals surface area (Å²) < 4.78 is 13.2. The fraction of sp³-hybridized carbons (Fsp3) is 0.268. The molecular weight excluding hydrogens is 614 g/mol. The molecule has 1 fully saturated rings. The van der Waals surface area contributed by atoms with Crippen LogP contribution in [-0.2, 0) is 22.6 Å². The molecule has 4 aromatic carbocycles. The van der Waals surface area contributed by atoms with E-state index in [2.05, 4.69) is 33.4 Å². The fourth-order valence-corrected chi connectivity index (χ4v) is 6.24. The summed E-state index contributed by atoms with van der Waals surface area (Å²) in [5.74, 6) is -0.172. The molecular formula is C41H43N3O5. The van der Waals surface area contributed by atoms with E-state index in [1.54, 1.807) is 24.5 Å². The summed E-state index contributed by atoms with van der Waals surface area (Å²) in [6, 6.07) is 37.2. The number of ether oxygens (including phenoxy) is 2. The molecule has 3 N–H and O–H groups in total. The van der Waals surface area contributed by atoms with Crippen molar-refractivity contribution in [2.45, 2.75) is 57.1 Å². The topological polar surface area (TPSA) is 104 Å². The van der Waals surface area contributed by atoms with Crippen molar-refractivity contribution >= 4 is 5.91 Å². The second kappa shape index (κ2) is 16.1. The molecule has 0 aliphatic carbocycles. The molecule has 1 aliphatic rings. The first kappa shape index (κ1) is 34.2. The van der Waals surface area contributed by atoms with Crippen LogP contribution in [0.5, 0.6) is 0 Å². The van der Waals surface area contributed by atoms with Gasteiger partial charge in [0, 0.05) is 43.5 Å².